The van der Waals surface area contributed by atoms with Crippen LogP contribution in [-0.2, 0) is 0 Å². The van der Waals surface area contributed by atoms with Crippen molar-refractivity contribution in [2.75, 3.05) is 33.2 Å². The van der Waals surface area contributed by atoms with E-state index in [2.05, 4.69) is 20.5 Å². The fourth-order valence-corrected chi connectivity index (χ4v) is 3.72. The highest BCUT2D eigenvalue weighted by Gasteiger charge is 2.43. The lowest BCUT2D eigenvalue weighted by Gasteiger charge is -2.38. The molecule has 1 saturated heterocycles. The van der Waals surface area contributed by atoms with Gasteiger partial charge in [-0.15, -0.1) is 0 Å². The number of benzene rings is 1. The first kappa shape index (κ1) is 17.7. The smallest absolute Gasteiger partial charge is 0.251 e. The van der Waals surface area contributed by atoms with E-state index in [1.54, 1.807) is 26.1 Å². The minimum absolute atomic E-state index is 0.259. The Morgan fingerprint density at radius 2 is 2.04 bits per heavy atom. The molecule has 1 saturated carbocycles. The van der Waals surface area contributed by atoms with E-state index in [0.717, 1.165) is 19.0 Å². The molecule has 0 aromatic heterocycles. The van der Waals surface area contributed by atoms with Crippen LogP contribution in [0.2, 0.25) is 0 Å². The molecular formula is C19H27FN4O. The van der Waals surface area contributed by atoms with E-state index in [-0.39, 0.29) is 11.7 Å². The molecule has 1 aromatic carbocycles. The van der Waals surface area contributed by atoms with E-state index >= 15 is 0 Å². The van der Waals surface area contributed by atoms with Crippen LogP contribution in [0.3, 0.4) is 0 Å². The number of amides is 1. The monoisotopic (exact) mass is 346 g/mol. The highest BCUT2D eigenvalue weighted by atomic mass is 19.1. The van der Waals surface area contributed by atoms with Crippen LogP contribution in [0.5, 0.6) is 0 Å². The number of carbonyl (C=O) groups is 1. The van der Waals surface area contributed by atoms with E-state index in [9.17, 15) is 9.18 Å². The Hall–Kier alpha value is -2.11. The van der Waals surface area contributed by atoms with Gasteiger partial charge >= 0.3 is 0 Å². The van der Waals surface area contributed by atoms with Crippen molar-refractivity contribution in [3.63, 3.8) is 0 Å². The third-order valence-electron chi connectivity index (χ3n) is 5.49. The molecule has 6 heteroatoms. The van der Waals surface area contributed by atoms with Crippen molar-refractivity contribution in [2.24, 2.45) is 10.4 Å². The summed E-state index contributed by atoms with van der Waals surface area (Å²) < 4.78 is 13.5. The largest absolute Gasteiger partial charge is 0.354 e. The molecular weight excluding hydrogens is 319 g/mol. The van der Waals surface area contributed by atoms with E-state index in [4.69, 9.17) is 0 Å². The predicted molar refractivity (Wildman–Crippen MR) is 97.3 cm³/mol. The Kier molecular flexibility index (Phi) is 5.25. The van der Waals surface area contributed by atoms with E-state index in [1.807, 2.05) is 0 Å². The van der Waals surface area contributed by atoms with Crippen LogP contribution in [-0.4, -0.2) is 50.0 Å². The fraction of sp³-hybridized carbons (Fsp3) is 0.579. The van der Waals surface area contributed by atoms with Crippen LogP contribution in [0.15, 0.2) is 23.2 Å². The number of aryl methyl sites for hydroxylation is 1. The van der Waals surface area contributed by atoms with Crippen molar-refractivity contribution in [1.82, 2.24) is 15.5 Å². The predicted octanol–water partition coefficient (Wildman–Crippen LogP) is 2.32. The summed E-state index contributed by atoms with van der Waals surface area (Å²) in [6.45, 7) is 4.87. The molecule has 3 rings (SSSR count). The zero-order valence-corrected chi connectivity index (χ0v) is 15.1. The summed E-state index contributed by atoms with van der Waals surface area (Å²) >= 11 is 0. The average Bonchev–Trinajstić information content (AvgIpc) is 3.03. The molecule has 0 unspecified atom stereocenters. The van der Waals surface area contributed by atoms with Gasteiger partial charge in [0.2, 0.25) is 0 Å². The Morgan fingerprint density at radius 1 is 1.28 bits per heavy atom. The lowest BCUT2D eigenvalue weighted by atomic mass is 9.68. The Balaban J connectivity index is 1.42. The van der Waals surface area contributed by atoms with Crippen molar-refractivity contribution in [2.45, 2.75) is 32.6 Å². The van der Waals surface area contributed by atoms with E-state index in [0.29, 0.717) is 29.6 Å². The first-order chi connectivity index (χ1) is 12.0. The van der Waals surface area contributed by atoms with Crippen LogP contribution >= 0.6 is 0 Å². The number of carbonyl (C=O) groups excluding carboxylic acids is 1. The maximum absolute atomic E-state index is 13.5. The molecule has 2 N–H and O–H groups in total. The number of hydrogen-bond acceptors (Lipinski definition) is 2. The Labute approximate surface area is 148 Å². The molecule has 1 aromatic rings. The molecule has 0 bridgehead atoms. The lowest BCUT2D eigenvalue weighted by Crippen LogP contribution is -2.44. The molecule has 136 valence electrons. The van der Waals surface area contributed by atoms with Gasteiger partial charge in [0, 0.05) is 38.8 Å². The molecule has 2 fully saturated rings. The van der Waals surface area contributed by atoms with Gasteiger partial charge in [0.25, 0.3) is 5.91 Å². The second-order valence-corrected chi connectivity index (χ2v) is 7.22. The standard InChI is InChI=1S/C19H27FN4O/c1-14-4-5-15(12-16(14)20)17(25)22-9-10-23-18(21-2)24-11-8-19(13-24)6-3-7-19/h4-5,12H,3,6-11,13H2,1-2H3,(H,21,23)(H,22,25). The first-order valence-electron chi connectivity index (χ1n) is 9.03. The van der Waals surface area contributed by atoms with Gasteiger partial charge in [-0.3, -0.25) is 9.79 Å². The Bertz CT molecular complexity index is 669. The number of likely N-dealkylation sites (tertiary alicyclic amines) is 1. The van der Waals surface area contributed by atoms with Crippen LogP contribution < -0.4 is 10.6 Å². The fourth-order valence-electron chi connectivity index (χ4n) is 3.72. The third kappa shape index (κ3) is 3.94. The van der Waals surface area contributed by atoms with Crippen molar-refractivity contribution in [3.05, 3.63) is 35.1 Å². The maximum atomic E-state index is 13.5. The van der Waals surface area contributed by atoms with Crippen LogP contribution in [0.25, 0.3) is 0 Å². The number of rotatable bonds is 4. The number of hydrogen-bond donors (Lipinski definition) is 2. The van der Waals surface area contributed by atoms with Gasteiger partial charge < -0.3 is 15.5 Å². The summed E-state index contributed by atoms with van der Waals surface area (Å²) in [4.78, 5) is 18.7. The molecule has 5 nitrogen and oxygen atoms in total. The molecule has 2 aliphatic rings. The quantitative estimate of drug-likeness (QED) is 0.500. The van der Waals surface area contributed by atoms with Crippen molar-refractivity contribution in [1.29, 1.82) is 0 Å². The number of aliphatic imine (C=N–C) groups is 1. The van der Waals surface area contributed by atoms with Crippen LogP contribution in [0, 0.1) is 18.2 Å². The molecule has 1 aliphatic carbocycles. The minimum Gasteiger partial charge on any atom is -0.354 e. The van der Waals surface area contributed by atoms with E-state index < -0.39 is 0 Å². The molecule has 0 atom stereocenters. The number of guanidine groups is 1. The van der Waals surface area contributed by atoms with Crippen LogP contribution in [0.1, 0.15) is 41.6 Å². The summed E-state index contributed by atoms with van der Waals surface area (Å²) in [6.07, 6.45) is 5.28. The number of halogens is 1. The van der Waals surface area contributed by atoms with Gasteiger partial charge in [0.05, 0.1) is 0 Å². The number of nitrogens with one attached hydrogen (secondary N) is 2. The van der Waals surface area contributed by atoms with E-state index in [1.165, 1.54) is 31.7 Å². The summed E-state index contributed by atoms with van der Waals surface area (Å²) in [6, 6.07) is 4.54. The van der Waals surface area contributed by atoms with Gasteiger partial charge in [-0.05, 0) is 49.3 Å². The average molecular weight is 346 g/mol. The molecule has 1 spiro atoms. The Morgan fingerprint density at radius 3 is 2.64 bits per heavy atom. The summed E-state index contributed by atoms with van der Waals surface area (Å²) in [5, 5.41) is 6.12. The zero-order chi connectivity index (χ0) is 17.9. The van der Waals surface area contributed by atoms with Gasteiger partial charge in [-0.1, -0.05) is 12.5 Å². The van der Waals surface area contributed by atoms with Crippen molar-refractivity contribution < 1.29 is 9.18 Å². The summed E-state index contributed by atoms with van der Waals surface area (Å²) in [7, 11) is 1.79. The highest BCUT2D eigenvalue weighted by Crippen LogP contribution is 2.47. The SMILES string of the molecule is CN=C(NCCNC(=O)c1ccc(C)c(F)c1)N1CCC2(CCC2)C1. The highest BCUT2D eigenvalue weighted by molar-refractivity contribution is 5.94. The van der Waals surface area contributed by atoms with Gasteiger partial charge in [0.15, 0.2) is 5.96 Å². The second kappa shape index (κ2) is 7.42. The van der Waals surface area contributed by atoms with Gasteiger partial charge in [-0.25, -0.2) is 4.39 Å². The van der Waals surface area contributed by atoms with Crippen molar-refractivity contribution >= 4 is 11.9 Å². The summed E-state index contributed by atoms with van der Waals surface area (Å²) in [5.41, 5.74) is 1.41. The van der Waals surface area contributed by atoms with Crippen LogP contribution in [0.4, 0.5) is 4.39 Å². The normalized spacial score (nSPS) is 19.0. The molecule has 0 radical (unpaired) electrons. The lowest BCUT2D eigenvalue weighted by molar-refractivity contribution is 0.0954. The topological polar surface area (TPSA) is 56.7 Å². The minimum atomic E-state index is -0.356. The maximum Gasteiger partial charge on any atom is 0.251 e. The third-order valence-corrected chi connectivity index (χ3v) is 5.49. The first-order valence-corrected chi connectivity index (χ1v) is 9.03. The number of nitrogens with zero attached hydrogens (tertiary/aromatic N) is 2. The van der Waals surface area contributed by atoms with Gasteiger partial charge in [0.1, 0.15) is 5.82 Å². The second-order valence-electron chi connectivity index (χ2n) is 7.22. The van der Waals surface area contributed by atoms with Gasteiger partial charge in [-0.2, -0.15) is 0 Å². The zero-order valence-electron chi connectivity index (χ0n) is 15.1. The molecule has 25 heavy (non-hydrogen) atoms. The molecule has 1 amide bonds. The molecule has 1 aliphatic heterocycles. The molecule has 1 heterocycles. The van der Waals surface area contributed by atoms with Crippen molar-refractivity contribution in [3.8, 4) is 0 Å². The summed E-state index contributed by atoms with van der Waals surface area (Å²) in [5.74, 6) is 0.287.